The number of thioether (sulfide) groups is 1. The Kier molecular flexibility index (Phi) is 4.16. The molecule has 1 heterocycles. The van der Waals surface area contributed by atoms with Crippen LogP contribution in [0.5, 0.6) is 11.5 Å². The summed E-state index contributed by atoms with van der Waals surface area (Å²) in [4.78, 5) is 4.05. The summed E-state index contributed by atoms with van der Waals surface area (Å²) >= 11 is 1.51. The second-order valence-electron chi connectivity index (χ2n) is 3.93. The molecule has 2 rings (SSSR count). The van der Waals surface area contributed by atoms with Crippen molar-refractivity contribution in [1.82, 2.24) is 15.2 Å². The molecule has 0 aliphatic carbocycles. The SMILES string of the molecule is COc1cc(C)c(CSc2n[nH]c(N)n2)cc1OC. The average Bonchev–Trinajstić information content (AvgIpc) is 2.82. The number of nitrogen functional groups attached to an aromatic ring is 1. The maximum absolute atomic E-state index is 5.48. The molecular weight excluding hydrogens is 264 g/mol. The van der Waals surface area contributed by atoms with E-state index in [9.17, 15) is 0 Å². The van der Waals surface area contributed by atoms with Crippen LogP contribution in [0.25, 0.3) is 0 Å². The number of aromatic nitrogens is 3. The topological polar surface area (TPSA) is 86.0 Å². The highest BCUT2D eigenvalue weighted by atomic mass is 32.2. The fourth-order valence-electron chi connectivity index (χ4n) is 1.64. The number of rotatable bonds is 5. The van der Waals surface area contributed by atoms with Gasteiger partial charge in [-0.1, -0.05) is 11.8 Å². The molecule has 3 N–H and O–H groups in total. The molecule has 1 aromatic carbocycles. The number of anilines is 1. The summed E-state index contributed by atoms with van der Waals surface area (Å²) in [5.74, 6) is 2.52. The third-order valence-electron chi connectivity index (χ3n) is 2.68. The van der Waals surface area contributed by atoms with Crippen molar-refractivity contribution in [3.05, 3.63) is 23.3 Å². The van der Waals surface area contributed by atoms with E-state index in [1.807, 2.05) is 19.1 Å². The number of ether oxygens (including phenoxy) is 2. The van der Waals surface area contributed by atoms with E-state index < -0.39 is 0 Å². The fraction of sp³-hybridized carbons (Fsp3) is 0.333. The maximum atomic E-state index is 5.48. The first-order chi connectivity index (χ1) is 9.13. The Labute approximate surface area is 115 Å². The van der Waals surface area contributed by atoms with E-state index in [1.54, 1.807) is 14.2 Å². The van der Waals surface area contributed by atoms with Crippen LogP contribution in [0.15, 0.2) is 17.3 Å². The van der Waals surface area contributed by atoms with Gasteiger partial charge in [-0.15, -0.1) is 5.10 Å². The smallest absolute Gasteiger partial charge is 0.216 e. The van der Waals surface area contributed by atoms with Gasteiger partial charge in [-0.3, -0.25) is 0 Å². The Bertz CT molecular complexity index is 571. The molecule has 0 bridgehead atoms. The summed E-state index contributed by atoms with van der Waals surface area (Å²) in [5, 5.41) is 7.23. The number of aryl methyl sites for hydroxylation is 1. The van der Waals surface area contributed by atoms with E-state index >= 15 is 0 Å². The molecule has 19 heavy (non-hydrogen) atoms. The van der Waals surface area contributed by atoms with Crippen molar-refractivity contribution in [2.24, 2.45) is 0 Å². The molecule has 0 unspecified atom stereocenters. The molecule has 6 nitrogen and oxygen atoms in total. The van der Waals surface area contributed by atoms with Gasteiger partial charge in [0.2, 0.25) is 11.1 Å². The van der Waals surface area contributed by atoms with Gasteiger partial charge in [-0.2, -0.15) is 4.98 Å². The molecule has 102 valence electrons. The molecule has 0 saturated carbocycles. The second-order valence-corrected chi connectivity index (χ2v) is 4.87. The minimum Gasteiger partial charge on any atom is -0.493 e. The minimum atomic E-state index is 0.325. The Morgan fingerprint density at radius 3 is 2.53 bits per heavy atom. The monoisotopic (exact) mass is 280 g/mol. The minimum absolute atomic E-state index is 0.325. The molecule has 0 fully saturated rings. The third kappa shape index (κ3) is 3.11. The predicted molar refractivity (Wildman–Crippen MR) is 74.6 cm³/mol. The van der Waals surface area contributed by atoms with Gasteiger partial charge in [-0.05, 0) is 30.2 Å². The van der Waals surface area contributed by atoms with Crippen LogP contribution in [-0.2, 0) is 5.75 Å². The van der Waals surface area contributed by atoms with Gasteiger partial charge in [0.1, 0.15) is 0 Å². The van der Waals surface area contributed by atoms with Crippen LogP contribution in [0.4, 0.5) is 5.95 Å². The van der Waals surface area contributed by atoms with E-state index in [1.165, 1.54) is 11.8 Å². The molecule has 0 spiro atoms. The van der Waals surface area contributed by atoms with E-state index in [0.717, 1.165) is 28.4 Å². The zero-order valence-corrected chi connectivity index (χ0v) is 11.9. The van der Waals surface area contributed by atoms with Gasteiger partial charge < -0.3 is 15.2 Å². The number of nitrogens with one attached hydrogen (secondary N) is 1. The summed E-state index contributed by atoms with van der Waals surface area (Å²) in [5.41, 5.74) is 7.76. The predicted octanol–water partition coefficient (Wildman–Crippen LogP) is 2.00. The Morgan fingerprint density at radius 1 is 1.26 bits per heavy atom. The van der Waals surface area contributed by atoms with Crippen molar-refractivity contribution >= 4 is 17.7 Å². The van der Waals surface area contributed by atoms with Crippen LogP contribution >= 0.6 is 11.8 Å². The Morgan fingerprint density at radius 2 is 1.95 bits per heavy atom. The number of H-pyrrole nitrogens is 1. The summed E-state index contributed by atoms with van der Waals surface area (Å²) in [6, 6.07) is 3.93. The number of aromatic amines is 1. The normalized spacial score (nSPS) is 10.5. The van der Waals surface area contributed by atoms with Crippen LogP contribution in [0.1, 0.15) is 11.1 Å². The molecule has 0 saturated heterocycles. The van der Waals surface area contributed by atoms with Crippen LogP contribution in [0.2, 0.25) is 0 Å². The first-order valence-corrected chi connectivity index (χ1v) is 6.64. The molecule has 0 atom stereocenters. The highest BCUT2D eigenvalue weighted by molar-refractivity contribution is 7.98. The number of hydrogen-bond acceptors (Lipinski definition) is 6. The molecule has 0 amide bonds. The van der Waals surface area contributed by atoms with Crippen LogP contribution in [-0.4, -0.2) is 29.4 Å². The van der Waals surface area contributed by atoms with Gasteiger partial charge >= 0.3 is 0 Å². The molecule has 1 aromatic heterocycles. The van der Waals surface area contributed by atoms with Crippen LogP contribution in [0, 0.1) is 6.92 Å². The largest absolute Gasteiger partial charge is 0.493 e. The Hall–Kier alpha value is -1.89. The average molecular weight is 280 g/mol. The van der Waals surface area contributed by atoms with E-state index in [0.29, 0.717) is 11.1 Å². The quantitative estimate of drug-likeness (QED) is 0.815. The highest BCUT2D eigenvalue weighted by Gasteiger charge is 2.10. The fourth-order valence-corrected chi connectivity index (χ4v) is 2.51. The van der Waals surface area contributed by atoms with Crippen molar-refractivity contribution in [2.45, 2.75) is 17.8 Å². The van der Waals surface area contributed by atoms with E-state index in [-0.39, 0.29) is 0 Å². The lowest BCUT2D eigenvalue weighted by atomic mass is 10.1. The zero-order chi connectivity index (χ0) is 13.8. The number of hydrogen-bond donors (Lipinski definition) is 2. The molecule has 0 aliphatic heterocycles. The van der Waals surface area contributed by atoms with Gasteiger partial charge in [0.05, 0.1) is 14.2 Å². The van der Waals surface area contributed by atoms with Crippen molar-refractivity contribution < 1.29 is 9.47 Å². The lowest BCUT2D eigenvalue weighted by Crippen LogP contribution is -1.95. The van der Waals surface area contributed by atoms with Crippen LogP contribution in [0.3, 0.4) is 0 Å². The van der Waals surface area contributed by atoms with Crippen molar-refractivity contribution in [3.63, 3.8) is 0 Å². The number of benzene rings is 1. The first kappa shape index (κ1) is 13.5. The van der Waals surface area contributed by atoms with E-state index in [4.69, 9.17) is 15.2 Å². The van der Waals surface area contributed by atoms with Crippen molar-refractivity contribution in [1.29, 1.82) is 0 Å². The number of nitrogens with two attached hydrogens (primary N) is 1. The summed E-state index contributed by atoms with van der Waals surface area (Å²) in [6.45, 7) is 2.03. The lowest BCUT2D eigenvalue weighted by Gasteiger charge is -2.12. The van der Waals surface area contributed by atoms with Gasteiger partial charge in [0.15, 0.2) is 11.5 Å². The third-order valence-corrected chi connectivity index (χ3v) is 3.58. The molecule has 2 aromatic rings. The Balaban J connectivity index is 2.15. The first-order valence-electron chi connectivity index (χ1n) is 5.66. The zero-order valence-electron chi connectivity index (χ0n) is 11.1. The van der Waals surface area contributed by atoms with Crippen LogP contribution < -0.4 is 15.2 Å². The molecule has 0 aliphatic rings. The van der Waals surface area contributed by atoms with Crippen molar-refractivity contribution in [2.75, 3.05) is 20.0 Å². The summed E-state index contributed by atoms with van der Waals surface area (Å²) in [6.07, 6.45) is 0. The maximum Gasteiger partial charge on any atom is 0.216 e. The van der Waals surface area contributed by atoms with Gasteiger partial charge in [0.25, 0.3) is 0 Å². The highest BCUT2D eigenvalue weighted by Crippen LogP contribution is 2.32. The standard InChI is InChI=1S/C12H16N4O2S/c1-7-4-9(17-2)10(18-3)5-8(7)6-19-12-14-11(13)15-16-12/h4-5H,6H2,1-3H3,(H3,13,14,15,16). The van der Waals surface area contributed by atoms with E-state index in [2.05, 4.69) is 15.2 Å². The number of nitrogens with zero attached hydrogens (tertiary/aromatic N) is 2. The van der Waals surface area contributed by atoms with Gasteiger partial charge in [0, 0.05) is 5.75 Å². The van der Waals surface area contributed by atoms with Crippen molar-refractivity contribution in [3.8, 4) is 11.5 Å². The second kappa shape index (κ2) is 5.83. The summed E-state index contributed by atoms with van der Waals surface area (Å²) in [7, 11) is 3.25. The molecule has 0 radical (unpaired) electrons. The van der Waals surface area contributed by atoms with Gasteiger partial charge in [-0.25, -0.2) is 5.10 Å². The molecule has 7 heteroatoms. The molecular formula is C12H16N4O2S. The summed E-state index contributed by atoms with van der Waals surface area (Å²) < 4.78 is 10.6. The number of methoxy groups -OCH3 is 2. The lowest BCUT2D eigenvalue weighted by molar-refractivity contribution is 0.354.